The SMILES string of the molecule is C=CCC[C@@H](Nc1nc(Nc2ccc(F)c(Cl)c2)nc2c(C3=CCNCC3)cccc12)C1CC1. The molecule has 34 heavy (non-hydrogen) atoms. The molecule has 7 heteroatoms. The van der Waals surface area contributed by atoms with E-state index in [0.29, 0.717) is 23.6 Å². The van der Waals surface area contributed by atoms with Gasteiger partial charge in [-0.05, 0) is 74.4 Å². The van der Waals surface area contributed by atoms with Crippen LogP contribution in [0.2, 0.25) is 5.02 Å². The summed E-state index contributed by atoms with van der Waals surface area (Å²) < 4.78 is 13.7. The first-order chi connectivity index (χ1) is 16.6. The standard InChI is InChI=1S/C27H29ClFN5/c1-2-3-7-24(18-8-9-18)32-26-21-6-4-5-20(17-12-14-30-15-13-17)25(21)33-27(34-26)31-19-10-11-23(29)22(28)16-19/h2,4-6,10-12,16,18,24,30H,1,3,7-9,13-15H2,(H2,31,32,33,34)/t24-/m1/s1. The molecule has 0 bridgehead atoms. The third kappa shape index (κ3) is 5.08. The maximum Gasteiger partial charge on any atom is 0.229 e. The van der Waals surface area contributed by atoms with Gasteiger partial charge >= 0.3 is 0 Å². The fraction of sp³-hybridized carbons (Fsp3) is 0.333. The average molecular weight is 478 g/mol. The lowest BCUT2D eigenvalue weighted by Crippen LogP contribution is -2.23. The average Bonchev–Trinajstić information content (AvgIpc) is 3.70. The smallest absolute Gasteiger partial charge is 0.229 e. The van der Waals surface area contributed by atoms with Gasteiger partial charge in [-0.2, -0.15) is 4.98 Å². The quantitative estimate of drug-likeness (QED) is 0.299. The number of hydrogen-bond acceptors (Lipinski definition) is 5. The van der Waals surface area contributed by atoms with Crippen molar-refractivity contribution in [3.05, 3.63) is 71.5 Å². The molecule has 3 aromatic rings. The van der Waals surface area contributed by atoms with Gasteiger partial charge in [0.15, 0.2) is 0 Å². The van der Waals surface area contributed by atoms with Gasteiger partial charge in [-0.3, -0.25) is 0 Å². The Morgan fingerprint density at radius 2 is 2.12 bits per heavy atom. The van der Waals surface area contributed by atoms with Crippen molar-refractivity contribution in [1.82, 2.24) is 15.3 Å². The molecule has 1 saturated carbocycles. The third-order valence-electron chi connectivity index (χ3n) is 6.51. The Hall–Kier alpha value is -2.96. The van der Waals surface area contributed by atoms with Gasteiger partial charge in [-0.15, -0.1) is 6.58 Å². The minimum atomic E-state index is -0.455. The Labute approximate surface area is 204 Å². The van der Waals surface area contributed by atoms with E-state index in [-0.39, 0.29) is 5.02 Å². The van der Waals surface area contributed by atoms with E-state index in [2.05, 4.69) is 46.8 Å². The second-order valence-corrected chi connectivity index (χ2v) is 9.40. The number of halogens is 2. The Morgan fingerprint density at radius 3 is 2.85 bits per heavy atom. The third-order valence-corrected chi connectivity index (χ3v) is 6.80. The Morgan fingerprint density at radius 1 is 1.24 bits per heavy atom. The molecule has 176 valence electrons. The molecular weight excluding hydrogens is 449 g/mol. The zero-order chi connectivity index (χ0) is 23.5. The number of benzene rings is 2. The van der Waals surface area contributed by atoms with Gasteiger partial charge < -0.3 is 16.0 Å². The van der Waals surface area contributed by atoms with Crippen molar-refractivity contribution in [1.29, 1.82) is 0 Å². The van der Waals surface area contributed by atoms with E-state index in [4.69, 9.17) is 21.6 Å². The van der Waals surface area contributed by atoms with Crippen LogP contribution in [0, 0.1) is 11.7 Å². The van der Waals surface area contributed by atoms with Crippen LogP contribution in [0.15, 0.2) is 55.1 Å². The van der Waals surface area contributed by atoms with Crippen LogP contribution in [0.25, 0.3) is 16.5 Å². The molecule has 0 amide bonds. The molecule has 2 aliphatic rings. The van der Waals surface area contributed by atoms with Crippen LogP contribution in [-0.2, 0) is 0 Å². The van der Waals surface area contributed by atoms with Gasteiger partial charge in [-0.25, -0.2) is 9.37 Å². The number of hydrogen-bond donors (Lipinski definition) is 3. The first-order valence-corrected chi connectivity index (χ1v) is 12.3. The number of aromatic nitrogens is 2. The highest BCUT2D eigenvalue weighted by molar-refractivity contribution is 6.31. The number of anilines is 3. The molecule has 1 aromatic heterocycles. The summed E-state index contributed by atoms with van der Waals surface area (Å²) in [5.41, 5.74) is 3.96. The van der Waals surface area contributed by atoms with Gasteiger partial charge in [0, 0.05) is 29.2 Å². The molecule has 2 heterocycles. The predicted octanol–water partition coefficient (Wildman–Crippen LogP) is 6.70. The Kier molecular flexibility index (Phi) is 6.79. The van der Waals surface area contributed by atoms with E-state index in [9.17, 15) is 4.39 Å². The predicted molar refractivity (Wildman–Crippen MR) is 139 cm³/mol. The highest BCUT2D eigenvalue weighted by Crippen LogP contribution is 2.38. The zero-order valence-corrected chi connectivity index (χ0v) is 19.8. The van der Waals surface area contributed by atoms with Crippen LogP contribution >= 0.6 is 11.6 Å². The van der Waals surface area contributed by atoms with Gasteiger partial charge in [0.25, 0.3) is 0 Å². The molecule has 1 aliphatic heterocycles. The van der Waals surface area contributed by atoms with Gasteiger partial charge in [0.05, 0.1) is 10.5 Å². The van der Waals surface area contributed by atoms with Crippen molar-refractivity contribution in [3.8, 4) is 0 Å². The zero-order valence-electron chi connectivity index (χ0n) is 19.1. The highest BCUT2D eigenvalue weighted by Gasteiger charge is 2.31. The summed E-state index contributed by atoms with van der Waals surface area (Å²) in [6, 6.07) is 11.2. The Bertz CT molecular complexity index is 1240. The van der Waals surface area contributed by atoms with Crippen molar-refractivity contribution in [3.63, 3.8) is 0 Å². The highest BCUT2D eigenvalue weighted by atomic mass is 35.5. The van der Waals surface area contributed by atoms with Gasteiger partial charge in [0.2, 0.25) is 5.95 Å². The number of para-hydroxylation sites is 1. The van der Waals surface area contributed by atoms with Crippen LogP contribution < -0.4 is 16.0 Å². The molecular formula is C27H29ClFN5. The summed E-state index contributed by atoms with van der Waals surface area (Å²) in [7, 11) is 0. The van der Waals surface area contributed by atoms with E-state index in [1.54, 1.807) is 12.1 Å². The maximum absolute atomic E-state index is 13.7. The molecule has 0 spiro atoms. The van der Waals surface area contributed by atoms with Crippen LogP contribution in [0.1, 0.15) is 37.7 Å². The number of fused-ring (bicyclic) bond motifs is 1. The minimum absolute atomic E-state index is 0.0583. The second kappa shape index (κ2) is 10.1. The molecule has 1 fully saturated rings. The second-order valence-electron chi connectivity index (χ2n) is 8.99. The van der Waals surface area contributed by atoms with Crippen molar-refractivity contribution < 1.29 is 4.39 Å². The molecule has 3 N–H and O–H groups in total. The Balaban J connectivity index is 1.58. The van der Waals surface area contributed by atoms with E-state index in [0.717, 1.165) is 54.6 Å². The molecule has 1 aliphatic carbocycles. The molecule has 0 saturated heterocycles. The minimum Gasteiger partial charge on any atom is -0.366 e. The number of rotatable bonds is 9. The summed E-state index contributed by atoms with van der Waals surface area (Å²) in [6.07, 6.45) is 9.62. The van der Waals surface area contributed by atoms with E-state index in [1.165, 1.54) is 24.5 Å². The van der Waals surface area contributed by atoms with E-state index < -0.39 is 5.82 Å². The summed E-state index contributed by atoms with van der Waals surface area (Å²) in [4.78, 5) is 9.78. The summed E-state index contributed by atoms with van der Waals surface area (Å²) in [5.74, 6) is 1.48. The van der Waals surface area contributed by atoms with Crippen LogP contribution in [0.3, 0.4) is 0 Å². The molecule has 0 radical (unpaired) electrons. The molecule has 1 atom stereocenters. The van der Waals surface area contributed by atoms with Crippen molar-refractivity contribution in [2.24, 2.45) is 5.92 Å². The van der Waals surface area contributed by atoms with Gasteiger partial charge in [0.1, 0.15) is 11.6 Å². The molecule has 5 rings (SSSR count). The first kappa shape index (κ1) is 22.8. The topological polar surface area (TPSA) is 61.9 Å². The molecule has 0 unspecified atom stereocenters. The van der Waals surface area contributed by atoms with E-state index >= 15 is 0 Å². The normalized spacial score (nSPS) is 16.7. The lowest BCUT2D eigenvalue weighted by atomic mass is 9.97. The number of nitrogens with one attached hydrogen (secondary N) is 3. The largest absolute Gasteiger partial charge is 0.366 e. The van der Waals surface area contributed by atoms with E-state index in [1.807, 2.05) is 6.08 Å². The van der Waals surface area contributed by atoms with Gasteiger partial charge in [-0.1, -0.05) is 35.9 Å². The van der Waals surface area contributed by atoms with Crippen molar-refractivity contribution in [2.45, 2.75) is 38.1 Å². The molecule has 5 nitrogen and oxygen atoms in total. The van der Waals surface area contributed by atoms with Crippen molar-refractivity contribution in [2.75, 3.05) is 23.7 Å². The lowest BCUT2D eigenvalue weighted by molar-refractivity contribution is 0.591. The van der Waals surface area contributed by atoms with Crippen LogP contribution in [0.4, 0.5) is 21.8 Å². The van der Waals surface area contributed by atoms with Crippen LogP contribution in [0.5, 0.6) is 0 Å². The van der Waals surface area contributed by atoms with Crippen LogP contribution in [-0.4, -0.2) is 29.1 Å². The molecule has 2 aromatic carbocycles. The summed E-state index contributed by atoms with van der Waals surface area (Å²) in [6.45, 7) is 5.70. The summed E-state index contributed by atoms with van der Waals surface area (Å²) >= 11 is 6.00. The monoisotopic (exact) mass is 477 g/mol. The first-order valence-electron chi connectivity index (χ1n) is 11.9. The fourth-order valence-electron chi connectivity index (χ4n) is 4.54. The maximum atomic E-state index is 13.7. The van der Waals surface area contributed by atoms with Crippen molar-refractivity contribution >= 4 is 45.5 Å². The fourth-order valence-corrected chi connectivity index (χ4v) is 4.73. The summed E-state index contributed by atoms with van der Waals surface area (Å²) in [5, 5.41) is 11.4. The number of nitrogens with zero attached hydrogens (tertiary/aromatic N) is 2. The lowest BCUT2D eigenvalue weighted by Gasteiger charge is -2.21. The number of allylic oxidation sites excluding steroid dienone is 1.